The Bertz CT molecular complexity index is 515. The number of carbonyl (C=O) groups is 1. The van der Waals surface area contributed by atoms with Gasteiger partial charge in [-0.3, -0.25) is 0 Å². The van der Waals surface area contributed by atoms with Crippen LogP contribution in [0, 0.1) is 0 Å². The SMILES string of the molecule is CC1=CC=CC(OC(=O)Oc2ccccc2)=CC1.[Lr]. The molecule has 19 heavy (non-hydrogen) atoms. The van der Waals surface area contributed by atoms with Crippen LogP contribution in [0.4, 0.5) is 4.79 Å². The van der Waals surface area contributed by atoms with Crippen molar-refractivity contribution < 1.29 is 14.3 Å². The van der Waals surface area contributed by atoms with Crippen LogP contribution in [0.25, 0.3) is 0 Å². The van der Waals surface area contributed by atoms with Crippen molar-refractivity contribution in [2.24, 2.45) is 0 Å². The molecule has 1 aliphatic carbocycles. The number of para-hydroxylation sites is 1. The van der Waals surface area contributed by atoms with Gasteiger partial charge in [0, 0.05) is 0 Å². The second-order valence-electron chi connectivity index (χ2n) is 3.95. The van der Waals surface area contributed by atoms with E-state index in [9.17, 15) is 4.79 Å². The van der Waals surface area contributed by atoms with Crippen molar-refractivity contribution in [3.05, 3.63) is 66.0 Å². The molecular formula is C15H14LrO3. The third-order valence-electron chi connectivity index (χ3n) is 2.41. The number of carbonyl (C=O) groups excluding carboxylic acids is 1. The molecule has 0 saturated carbocycles. The van der Waals surface area contributed by atoms with Crippen LogP contribution in [0.15, 0.2) is 66.0 Å². The number of hydrogen-bond donors (Lipinski definition) is 0. The van der Waals surface area contributed by atoms with Crippen LogP contribution in [-0.2, 0) is 4.74 Å². The summed E-state index contributed by atoms with van der Waals surface area (Å²) in [4.78, 5) is 11.5. The first-order valence-corrected chi connectivity index (χ1v) is 5.73. The Morgan fingerprint density at radius 2 is 1.89 bits per heavy atom. The Labute approximate surface area is 106 Å². The molecule has 0 heterocycles. The largest absolute Gasteiger partial charge is 0.519 e. The number of allylic oxidation sites excluding steroid dienone is 5. The summed E-state index contributed by atoms with van der Waals surface area (Å²) >= 11 is 0. The van der Waals surface area contributed by atoms with E-state index in [0.29, 0.717) is 11.5 Å². The van der Waals surface area contributed by atoms with E-state index in [0.717, 1.165) is 6.42 Å². The van der Waals surface area contributed by atoms with E-state index < -0.39 is 6.16 Å². The standard InChI is InChI=1S/C15H14O3.Lr/c1-12-6-5-9-14(11-10-12)18-15(16)17-13-7-3-2-4-8-13;/h2-9,11H,10H2,1H3;. The molecule has 4 heteroatoms. The first-order chi connectivity index (χ1) is 8.74. The third-order valence-corrected chi connectivity index (χ3v) is 2.41. The smallest absolute Gasteiger partial charge is 0.395 e. The first kappa shape index (κ1) is 13.8. The molecule has 1 aromatic carbocycles. The second kappa shape index (κ2) is 6.45. The van der Waals surface area contributed by atoms with Gasteiger partial charge in [-0.15, -0.1) is 0 Å². The fourth-order valence-corrected chi connectivity index (χ4v) is 1.48. The van der Waals surface area contributed by atoms with Crippen LogP contribution in [-0.4, -0.2) is 6.16 Å². The predicted octanol–water partition coefficient (Wildman–Crippen LogP) is 3.99. The van der Waals surface area contributed by atoms with Gasteiger partial charge >= 0.3 is 6.16 Å². The van der Waals surface area contributed by atoms with Crippen molar-refractivity contribution >= 4 is 6.16 Å². The molecule has 1 aromatic rings. The maximum atomic E-state index is 11.5. The van der Waals surface area contributed by atoms with Crippen molar-refractivity contribution in [2.45, 2.75) is 13.3 Å². The molecule has 3 nitrogen and oxygen atoms in total. The minimum atomic E-state index is -0.725. The van der Waals surface area contributed by atoms with Gasteiger partial charge in [-0.1, -0.05) is 35.9 Å². The maximum absolute atomic E-state index is 11.5. The summed E-state index contributed by atoms with van der Waals surface area (Å²) in [5.74, 6) is 0.971. The van der Waals surface area contributed by atoms with Gasteiger partial charge in [-0.2, -0.15) is 0 Å². The van der Waals surface area contributed by atoms with E-state index in [1.54, 1.807) is 30.3 Å². The van der Waals surface area contributed by atoms with Crippen molar-refractivity contribution in [2.75, 3.05) is 0 Å². The molecule has 2 rings (SSSR count). The van der Waals surface area contributed by atoms with Gasteiger partial charge in [0.15, 0.2) is 0 Å². The number of benzene rings is 1. The molecule has 0 saturated heterocycles. The van der Waals surface area contributed by atoms with Crippen molar-refractivity contribution in [1.82, 2.24) is 0 Å². The summed E-state index contributed by atoms with van der Waals surface area (Å²) in [7, 11) is 0. The average Bonchev–Trinajstić information content (AvgIpc) is 2.56. The topological polar surface area (TPSA) is 35.5 Å². The summed E-state index contributed by atoms with van der Waals surface area (Å²) in [5, 5.41) is 0. The zero-order valence-corrected chi connectivity index (χ0v) is 12.5. The van der Waals surface area contributed by atoms with Gasteiger partial charge in [0.25, 0.3) is 0 Å². The molecule has 1 radical (unpaired) electrons. The third kappa shape index (κ3) is 4.23. The zero-order valence-electron chi connectivity index (χ0n) is 10.4. The van der Waals surface area contributed by atoms with Gasteiger partial charge in [-0.05, 0) is 37.6 Å². The Balaban J connectivity index is 0.00000180. The molecule has 0 bridgehead atoms. The van der Waals surface area contributed by atoms with E-state index in [1.165, 1.54) is 5.57 Å². The van der Waals surface area contributed by atoms with Crippen LogP contribution in [0.5, 0.6) is 5.75 Å². The monoisotopic (exact) mass is 504 g/mol. The molecule has 107 valence electrons. The van der Waals surface area contributed by atoms with Crippen molar-refractivity contribution in [3.8, 4) is 5.75 Å². The summed E-state index contributed by atoms with van der Waals surface area (Å²) in [6.07, 6.45) is 7.46. The molecule has 0 aromatic heterocycles. The predicted molar refractivity (Wildman–Crippen MR) is 69.1 cm³/mol. The van der Waals surface area contributed by atoms with Crippen LogP contribution < -0.4 is 4.74 Å². The first-order valence-electron chi connectivity index (χ1n) is 5.73. The summed E-state index contributed by atoms with van der Waals surface area (Å²) in [6, 6.07) is 8.83. The van der Waals surface area contributed by atoms with Gasteiger partial charge < -0.3 is 9.47 Å². The van der Waals surface area contributed by atoms with Gasteiger partial charge in [0.1, 0.15) is 11.5 Å². The minimum Gasteiger partial charge on any atom is -0.395 e. The fraction of sp³-hybridized carbons (Fsp3) is 0.133. The van der Waals surface area contributed by atoms with E-state index in [4.69, 9.17) is 9.47 Å². The molecule has 0 atom stereocenters. The number of hydrogen-bond acceptors (Lipinski definition) is 3. The molecule has 0 amide bonds. The average molecular weight is 504 g/mol. The van der Waals surface area contributed by atoms with Gasteiger partial charge in [-0.25, -0.2) is 4.79 Å². The zero-order chi connectivity index (χ0) is 12.8. The summed E-state index contributed by atoms with van der Waals surface area (Å²) < 4.78 is 10.1. The van der Waals surface area contributed by atoms with Crippen molar-refractivity contribution in [3.63, 3.8) is 0 Å². The number of rotatable bonds is 2. The molecule has 0 N–H and O–H groups in total. The summed E-state index contributed by atoms with van der Waals surface area (Å²) in [5.41, 5.74) is 1.21. The van der Waals surface area contributed by atoms with E-state index >= 15 is 0 Å². The van der Waals surface area contributed by atoms with Crippen LogP contribution in [0.2, 0.25) is 0 Å². The minimum absolute atomic E-state index is 0. The van der Waals surface area contributed by atoms with Crippen LogP contribution in [0.3, 0.4) is 0 Å². The Kier molecular flexibility index (Phi) is 4.67. The molecule has 0 fully saturated rings. The normalized spacial score (nSPS) is 13.5. The quantitative estimate of drug-likeness (QED) is 0.452. The second-order valence-corrected chi connectivity index (χ2v) is 3.95. The fourth-order valence-electron chi connectivity index (χ4n) is 1.48. The van der Waals surface area contributed by atoms with Crippen molar-refractivity contribution in [1.29, 1.82) is 0 Å². The van der Waals surface area contributed by atoms with E-state index in [-0.39, 0.29) is 0 Å². The Morgan fingerprint density at radius 1 is 1.16 bits per heavy atom. The van der Waals surface area contributed by atoms with E-state index in [2.05, 4.69) is 0 Å². The van der Waals surface area contributed by atoms with Crippen LogP contribution in [0.1, 0.15) is 13.3 Å². The molecule has 0 aliphatic heterocycles. The van der Waals surface area contributed by atoms with E-state index in [1.807, 2.05) is 31.2 Å². The molecule has 1 aliphatic rings. The maximum Gasteiger partial charge on any atom is 0.519 e. The molecular weight excluding hydrogens is 490 g/mol. The Hall–Kier alpha value is -3.29. The van der Waals surface area contributed by atoms with Gasteiger partial charge in [0.2, 0.25) is 0 Å². The Morgan fingerprint density at radius 3 is 2.63 bits per heavy atom. The van der Waals surface area contributed by atoms with Crippen LogP contribution >= 0.6 is 0 Å². The number of ether oxygens (including phenoxy) is 2. The summed E-state index contributed by atoms with van der Waals surface area (Å²) in [6.45, 7) is 2.02. The molecule has 0 unspecified atom stereocenters. The molecule has 0 spiro atoms. The van der Waals surface area contributed by atoms with Gasteiger partial charge in [0.05, 0.1) is 0 Å².